The second kappa shape index (κ2) is 6.59. The van der Waals surface area contributed by atoms with Gasteiger partial charge in [-0.2, -0.15) is 0 Å². The van der Waals surface area contributed by atoms with Gasteiger partial charge < -0.3 is 10.6 Å². The first-order valence-electron chi connectivity index (χ1n) is 7.09. The summed E-state index contributed by atoms with van der Waals surface area (Å²) in [7, 11) is 0. The van der Waals surface area contributed by atoms with Gasteiger partial charge in [-0.25, -0.2) is 0 Å². The maximum Gasteiger partial charge on any atom is 0.232 e. The minimum absolute atomic E-state index is 0. The van der Waals surface area contributed by atoms with Crippen LogP contribution in [0.15, 0.2) is 24.3 Å². The van der Waals surface area contributed by atoms with Crippen LogP contribution in [-0.4, -0.2) is 29.9 Å². The summed E-state index contributed by atoms with van der Waals surface area (Å²) in [4.78, 5) is 14.5. The molecule has 1 saturated heterocycles. The lowest BCUT2D eigenvalue weighted by Crippen LogP contribution is -2.43. The lowest BCUT2D eigenvalue weighted by molar-refractivity contribution is -0.135. The molecule has 0 bridgehead atoms. The first-order valence-corrected chi connectivity index (χ1v) is 7.09. The number of carbonyl (C=O) groups is 1. The molecule has 20 heavy (non-hydrogen) atoms. The SMILES string of the molecule is CCc1ccc(C(C)(C)C(=O)N2CC[C@@H](N)C2)cc1.Cl. The average Bonchev–Trinajstić information content (AvgIpc) is 2.84. The van der Waals surface area contributed by atoms with Crippen molar-refractivity contribution < 1.29 is 4.79 Å². The molecule has 4 heteroatoms. The van der Waals surface area contributed by atoms with Crippen LogP contribution in [0.5, 0.6) is 0 Å². The summed E-state index contributed by atoms with van der Waals surface area (Å²) < 4.78 is 0. The molecular formula is C16H25ClN2O. The number of nitrogens with two attached hydrogens (primary N) is 1. The number of amides is 1. The van der Waals surface area contributed by atoms with E-state index in [-0.39, 0.29) is 24.4 Å². The molecule has 1 fully saturated rings. The van der Waals surface area contributed by atoms with Gasteiger partial charge >= 0.3 is 0 Å². The Balaban J connectivity index is 0.00000200. The molecule has 1 aliphatic rings. The highest BCUT2D eigenvalue weighted by molar-refractivity contribution is 5.87. The fourth-order valence-electron chi connectivity index (χ4n) is 2.65. The predicted octanol–water partition coefficient (Wildman–Crippen LogP) is 2.51. The summed E-state index contributed by atoms with van der Waals surface area (Å²) >= 11 is 0. The molecule has 1 aromatic carbocycles. The Labute approximate surface area is 127 Å². The monoisotopic (exact) mass is 296 g/mol. The Hall–Kier alpha value is -1.06. The summed E-state index contributed by atoms with van der Waals surface area (Å²) in [5.74, 6) is 0.185. The predicted molar refractivity (Wildman–Crippen MR) is 85.3 cm³/mol. The summed E-state index contributed by atoms with van der Waals surface area (Å²) in [6.45, 7) is 7.61. The Bertz CT molecular complexity index is 456. The zero-order chi connectivity index (χ0) is 14.0. The van der Waals surface area contributed by atoms with Crippen molar-refractivity contribution in [2.45, 2.75) is 45.1 Å². The molecule has 0 aliphatic carbocycles. The molecule has 0 spiro atoms. The topological polar surface area (TPSA) is 46.3 Å². The van der Waals surface area contributed by atoms with Gasteiger partial charge in [0, 0.05) is 19.1 Å². The van der Waals surface area contributed by atoms with Gasteiger partial charge in [-0.3, -0.25) is 4.79 Å². The Morgan fingerprint density at radius 3 is 2.40 bits per heavy atom. The third kappa shape index (κ3) is 3.33. The van der Waals surface area contributed by atoms with Crippen molar-refractivity contribution in [1.29, 1.82) is 0 Å². The molecule has 3 nitrogen and oxygen atoms in total. The Morgan fingerprint density at radius 2 is 1.95 bits per heavy atom. The lowest BCUT2D eigenvalue weighted by Gasteiger charge is -2.29. The van der Waals surface area contributed by atoms with Crippen LogP contribution >= 0.6 is 12.4 Å². The number of nitrogens with zero attached hydrogens (tertiary/aromatic N) is 1. The van der Waals surface area contributed by atoms with Crippen LogP contribution in [0.2, 0.25) is 0 Å². The van der Waals surface area contributed by atoms with E-state index in [1.165, 1.54) is 5.56 Å². The third-order valence-electron chi connectivity index (χ3n) is 4.13. The Kier molecular flexibility index (Phi) is 5.60. The molecule has 1 atom stereocenters. The van der Waals surface area contributed by atoms with Crippen molar-refractivity contribution in [3.63, 3.8) is 0 Å². The summed E-state index contributed by atoms with van der Waals surface area (Å²) in [6, 6.07) is 8.52. The van der Waals surface area contributed by atoms with Crippen LogP contribution in [0.3, 0.4) is 0 Å². The quantitative estimate of drug-likeness (QED) is 0.931. The molecule has 112 valence electrons. The van der Waals surface area contributed by atoms with Crippen LogP contribution in [0, 0.1) is 0 Å². The van der Waals surface area contributed by atoms with E-state index in [2.05, 4.69) is 31.2 Å². The molecule has 0 saturated carbocycles. The van der Waals surface area contributed by atoms with E-state index in [4.69, 9.17) is 5.73 Å². The normalized spacial score (nSPS) is 18.8. The highest BCUT2D eigenvalue weighted by atomic mass is 35.5. The van der Waals surface area contributed by atoms with Gasteiger partial charge in [0.15, 0.2) is 0 Å². The van der Waals surface area contributed by atoms with Gasteiger partial charge in [0.2, 0.25) is 5.91 Å². The zero-order valence-electron chi connectivity index (χ0n) is 12.6. The first-order chi connectivity index (χ1) is 8.95. The molecule has 0 radical (unpaired) electrons. The van der Waals surface area contributed by atoms with Crippen LogP contribution in [0.4, 0.5) is 0 Å². The number of aryl methyl sites for hydroxylation is 1. The highest BCUT2D eigenvalue weighted by Gasteiger charge is 2.36. The number of hydrogen-bond donors (Lipinski definition) is 1. The molecular weight excluding hydrogens is 272 g/mol. The molecule has 2 rings (SSSR count). The van der Waals surface area contributed by atoms with Crippen molar-refractivity contribution in [3.8, 4) is 0 Å². The minimum atomic E-state index is -0.476. The van der Waals surface area contributed by atoms with E-state index in [9.17, 15) is 4.79 Å². The number of halogens is 1. The van der Waals surface area contributed by atoms with Crippen LogP contribution < -0.4 is 5.73 Å². The zero-order valence-corrected chi connectivity index (χ0v) is 13.4. The van der Waals surface area contributed by atoms with Gasteiger partial charge in [-0.15, -0.1) is 12.4 Å². The van der Waals surface area contributed by atoms with Crippen molar-refractivity contribution >= 4 is 18.3 Å². The van der Waals surface area contributed by atoms with Gasteiger partial charge in [0.1, 0.15) is 0 Å². The van der Waals surface area contributed by atoms with E-state index in [0.29, 0.717) is 6.54 Å². The second-order valence-electron chi connectivity index (χ2n) is 5.98. The van der Waals surface area contributed by atoms with Crippen molar-refractivity contribution in [2.75, 3.05) is 13.1 Å². The van der Waals surface area contributed by atoms with E-state index in [1.807, 2.05) is 18.7 Å². The van der Waals surface area contributed by atoms with Gasteiger partial charge in [0.05, 0.1) is 5.41 Å². The summed E-state index contributed by atoms with van der Waals surface area (Å²) in [6.07, 6.45) is 1.94. The van der Waals surface area contributed by atoms with Crippen molar-refractivity contribution in [2.24, 2.45) is 5.73 Å². The number of hydrogen-bond acceptors (Lipinski definition) is 2. The molecule has 1 amide bonds. The molecule has 1 heterocycles. The molecule has 0 aromatic heterocycles. The van der Waals surface area contributed by atoms with Crippen LogP contribution in [0.25, 0.3) is 0 Å². The second-order valence-corrected chi connectivity index (χ2v) is 5.98. The molecule has 1 aliphatic heterocycles. The smallest absolute Gasteiger partial charge is 0.232 e. The van der Waals surface area contributed by atoms with Crippen LogP contribution in [0.1, 0.15) is 38.3 Å². The average molecular weight is 297 g/mol. The standard InChI is InChI=1S/C16H24N2O.ClH/c1-4-12-5-7-13(8-6-12)16(2,3)15(19)18-10-9-14(17)11-18;/h5-8,14H,4,9-11,17H2,1-3H3;1H/t14-;/m1./s1. The molecule has 2 N–H and O–H groups in total. The number of carbonyl (C=O) groups excluding carboxylic acids is 1. The van der Waals surface area contributed by atoms with E-state index < -0.39 is 5.41 Å². The van der Waals surface area contributed by atoms with Gasteiger partial charge in [-0.1, -0.05) is 31.2 Å². The fourth-order valence-corrected chi connectivity index (χ4v) is 2.65. The Morgan fingerprint density at radius 1 is 1.35 bits per heavy atom. The van der Waals surface area contributed by atoms with Gasteiger partial charge in [-0.05, 0) is 37.8 Å². The summed E-state index contributed by atoms with van der Waals surface area (Å²) in [5, 5.41) is 0. The maximum atomic E-state index is 12.6. The number of rotatable bonds is 3. The highest BCUT2D eigenvalue weighted by Crippen LogP contribution is 2.27. The number of likely N-dealkylation sites (tertiary alicyclic amines) is 1. The van der Waals surface area contributed by atoms with Crippen molar-refractivity contribution in [1.82, 2.24) is 4.90 Å². The number of benzene rings is 1. The maximum absolute atomic E-state index is 12.6. The largest absolute Gasteiger partial charge is 0.340 e. The van der Waals surface area contributed by atoms with Gasteiger partial charge in [0.25, 0.3) is 0 Å². The van der Waals surface area contributed by atoms with Crippen molar-refractivity contribution in [3.05, 3.63) is 35.4 Å². The molecule has 1 aromatic rings. The fraction of sp³-hybridized carbons (Fsp3) is 0.562. The first kappa shape index (κ1) is 17.0. The molecule has 0 unspecified atom stereocenters. The van der Waals surface area contributed by atoms with E-state index >= 15 is 0 Å². The third-order valence-corrected chi connectivity index (χ3v) is 4.13. The van der Waals surface area contributed by atoms with E-state index in [1.54, 1.807) is 0 Å². The van der Waals surface area contributed by atoms with Crippen LogP contribution in [-0.2, 0) is 16.6 Å². The summed E-state index contributed by atoms with van der Waals surface area (Å²) in [5.41, 5.74) is 7.79. The lowest BCUT2D eigenvalue weighted by atomic mass is 9.82. The minimum Gasteiger partial charge on any atom is -0.340 e. The van der Waals surface area contributed by atoms with E-state index in [0.717, 1.165) is 24.9 Å².